The van der Waals surface area contributed by atoms with Gasteiger partial charge in [0.25, 0.3) is 10.0 Å². The second-order valence-corrected chi connectivity index (χ2v) is 7.69. The van der Waals surface area contributed by atoms with Gasteiger partial charge in [-0.3, -0.25) is 9.10 Å². The van der Waals surface area contributed by atoms with Crippen LogP contribution in [0.1, 0.15) is 0 Å². The molecule has 0 aliphatic rings. The molecule has 0 radical (unpaired) electrons. The molecule has 0 aliphatic carbocycles. The molecule has 0 aliphatic heterocycles. The van der Waals surface area contributed by atoms with Gasteiger partial charge in [-0.15, -0.1) is 0 Å². The molecular formula is C18H20ClNO7S. The summed E-state index contributed by atoms with van der Waals surface area (Å²) in [6.07, 6.45) is 0. The van der Waals surface area contributed by atoms with E-state index in [0.29, 0.717) is 11.5 Å². The maximum absolute atomic E-state index is 13.3. The van der Waals surface area contributed by atoms with Crippen molar-refractivity contribution < 1.29 is 32.2 Å². The number of hydrogen-bond donors (Lipinski definition) is 0. The molecule has 28 heavy (non-hydrogen) atoms. The number of esters is 1. The zero-order valence-electron chi connectivity index (χ0n) is 15.8. The smallest absolute Gasteiger partial charge is 0.326 e. The first kappa shape index (κ1) is 21.6. The molecule has 2 rings (SSSR count). The molecule has 0 saturated carbocycles. The third-order valence-electron chi connectivity index (χ3n) is 3.87. The first-order valence-corrected chi connectivity index (χ1v) is 9.75. The van der Waals surface area contributed by atoms with E-state index in [4.69, 9.17) is 25.8 Å². The van der Waals surface area contributed by atoms with Gasteiger partial charge in [0.15, 0.2) is 11.5 Å². The van der Waals surface area contributed by atoms with Crippen LogP contribution in [-0.4, -0.2) is 49.4 Å². The van der Waals surface area contributed by atoms with E-state index in [-0.39, 0.29) is 21.4 Å². The van der Waals surface area contributed by atoms with Crippen LogP contribution >= 0.6 is 11.6 Å². The van der Waals surface area contributed by atoms with E-state index in [1.807, 2.05) is 0 Å². The van der Waals surface area contributed by atoms with E-state index >= 15 is 0 Å². The molecule has 0 saturated heterocycles. The zero-order valence-corrected chi connectivity index (χ0v) is 17.3. The average Bonchev–Trinajstić information content (AvgIpc) is 2.70. The highest BCUT2D eigenvalue weighted by Gasteiger charge is 2.29. The van der Waals surface area contributed by atoms with E-state index in [1.54, 1.807) is 0 Å². The first-order chi connectivity index (χ1) is 13.3. The lowest BCUT2D eigenvalue weighted by atomic mass is 10.3. The number of carbonyl (C=O) groups excluding carboxylic acids is 1. The highest BCUT2D eigenvalue weighted by molar-refractivity contribution is 7.92. The monoisotopic (exact) mass is 429 g/mol. The number of nitrogens with zero attached hydrogens (tertiary/aromatic N) is 1. The van der Waals surface area contributed by atoms with Gasteiger partial charge >= 0.3 is 5.97 Å². The van der Waals surface area contributed by atoms with Crippen molar-refractivity contribution in [1.82, 2.24) is 0 Å². The van der Waals surface area contributed by atoms with Crippen LogP contribution in [0.25, 0.3) is 0 Å². The Morgan fingerprint density at radius 3 is 2.07 bits per heavy atom. The maximum Gasteiger partial charge on any atom is 0.326 e. The maximum atomic E-state index is 13.3. The molecule has 10 heteroatoms. The largest absolute Gasteiger partial charge is 0.495 e. The highest BCUT2D eigenvalue weighted by atomic mass is 35.5. The molecule has 2 aromatic carbocycles. The molecule has 0 fully saturated rings. The van der Waals surface area contributed by atoms with Crippen LogP contribution in [0.15, 0.2) is 41.3 Å². The molecule has 0 unspecified atom stereocenters. The van der Waals surface area contributed by atoms with E-state index in [1.165, 1.54) is 64.8 Å². The number of hydrogen-bond acceptors (Lipinski definition) is 7. The van der Waals surface area contributed by atoms with Crippen molar-refractivity contribution in [1.29, 1.82) is 0 Å². The molecule has 2 aromatic rings. The molecule has 0 aromatic heterocycles. The number of methoxy groups -OCH3 is 4. The fourth-order valence-electron chi connectivity index (χ4n) is 2.41. The van der Waals surface area contributed by atoms with E-state index in [9.17, 15) is 13.2 Å². The summed E-state index contributed by atoms with van der Waals surface area (Å²) in [6, 6.07) is 8.50. The number of sulfonamides is 1. The van der Waals surface area contributed by atoms with Crippen molar-refractivity contribution in [2.45, 2.75) is 4.90 Å². The molecule has 0 bridgehead atoms. The van der Waals surface area contributed by atoms with Crippen molar-refractivity contribution in [3.05, 3.63) is 41.4 Å². The summed E-state index contributed by atoms with van der Waals surface area (Å²) in [5.41, 5.74) is 0.172. The Morgan fingerprint density at radius 1 is 0.929 bits per heavy atom. The molecule has 0 N–H and O–H groups in total. The van der Waals surface area contributed by atoms with Gasteiger partial charge in [-0.25, -0.2) is 8.42 Å². The van der Waals surface area contributed by atoms with Crippen LogP contribution in [0.4, 0.5) is 5.69 Å². The summed E-state index contributed by atoms with van der Waals surface area (Å²) in [4.78, 5) is 11.8. The number of ether oxygens (including phenoxy) is 4. The fraction of sp³-hybridized carbons (Fsp3) is 0.278. The van der Waals surface area contributed by atoms with Crippen LogP contribution in [0.3, 0.4) is 0 Å². The summed E-state index contributed by atoms with van der Waals surface area (Å²) in [5, 5.41) is 0.192. The van der Waals surface area contributed by atoms with Gasteiger partial charge in [0, 0.05) is 6.07 Å². The van der Waals surface area contributed by atoms with Crippen molar-refractivity contribution in [2.24, 2.45) is 0 Å². The molecular weight excluding hydrogens is 410 g/mol. The fourth-order valence-corrected chi connectivity index (χ4v) is 4.08. The van der Waals surface area contributed by atoms with Crippen molar-refractivity contribution in [3.8, 4) is 17.2 Å². The lowest BCUT2D eigenvalue weighted by Gasteiger charge is -2.24. The molecule has 0 heterocycles. The number of halogens is 1. The summed E-state index contributed by atoms with van der Waals surface area (Å²) in [7, 11) is 1.29. The predicted octanol–water partition coefficient (Wildman–Crippen LogP) is 2.73. The predicted molar refractivity (Wildman–Crippen MR) is 104 cm³/mol. The third kappa shape index (κ3) is 4.42. The minimum Gasteiger partial charge on any atom is -0.495 e. The lowest BCUT2D eigenvalue weighted by Crippen LogP contribution is -2.36. The topological polar surface area (TPSA) is 91.4 Å². The van der Waals surface area contributed by atoms with Gasteiger partial charge in [0.05, 0.1) is 44.0 Å². The van der Waals surface area contributed by atoms with Crippen LogP contribution in [-0.2, 0) is 19.6 Å². The normalized spacial score (nSPS) is 10.9. The van der Waals surface area contributed by atoms with Gasteiger partial charge in [-0.05, 0) is 30.3 Å². The van der Waals surface area contributed by atoms with Crippen molar-refractivity contribution in [3.63, 3.8) is 0 Å². The lowest BCUT2D eigenvalue weighted by molar-refractivity contribution is -0.138. The van der Waals surface area contributed by atoms with E-state index in [0.717, 1.165) is 4.31 Å². The van der Waals surface area contributed by atoms with Gasteiger partial charge in [0.1, 0.15) is 12.3 Å². The molecule has 152 valence electrons. The quantitative estimate of drug-likeness (QED) is 0.596. The van der Waals surface area contributed by atoms with E-state index < -0.39 is 22.5 Å². The Hall–Kier alpha value is -2.65. The number of benzene rings is 2. The Kier molecular flexibility index (Phi) is 6.98. The van der Waals surface area contributed by atoms with Crippen LogP contribution in [0.5, 0.6) is 17.2 Å². The number of rotatable bonds is 8. The zero-order chi connectivity index (χ0) is 20.9. The van der Waals surface area contributed by atoms with Gasteiger partial charge in [-0.1, -0.05) is 11.6 Å². The van der Waals surface area contributed by atoms with Crippen LogP contribution < -0.4 is 18.5 Å². The minimum atomic E-state index is -4.16. The van der Waals surface area contributed by atoms with E-state index in [2.05, 4.69) is 4.74 Å². The molecule has 0 atom stereocenters. The molecule has 0 spiro atoms. The SMILES string of the molecule is COC(=O)CN(c1ccc(OC)c(Cl)c1)S(=O)(=O)c1ccc(OC)c(OC)c1. The number of carbonyl (C=O) groups is 1. The highest BCUT2D eigenvalue weighted by Crippen LogP contribution is 2.34. The first-order valence-electron chi connectivity index (χ1n) is 7.93. The van der Waals surface area contributed by atoms with Gasteiger partial charge < -0.3 is 18.9 Å². The second-order valence-electron chi connectivity index (χ2n) is 5.42. The summed E-state index contributed by atoms with van der Waals surface area (Å²) >= 11 is 6.13. The average molecular weight is 430 g/mol. The molecule has 8 nitrogen and oxygen atoms in total. The number of anilines is 1. The van der Waals surface area contributed by atoms with Gasteiger partial charge in [0.2, 0.25) is 0 Å². The van der Waals surface area contributed by atoms with Gasteiger partial charge in [-0.2, -0.15) is 0 Å². The Labute approximate surface area is 168 Å². The van der Waals surface area contributed by atoms with Crippen LogP contribution in [0, 0.1) is 0 Å². The minimum absolute atomic E-state index is 0.0963. The summed E-state index contributed by atoms with van der Waals surface area (Å²) in [6.45, 7) is -0.546. The summed E-state index contributed by atoms with van der Waals surface area (Å²) in [5.74, 6) is 0.228. The molecule has 0 amide bonds. The Balaban J connectivity index is 2.59. The van der Waals surface area contributed by atoms with Crippen molar-refractivity contribution in [2.75, 3.05) is 39.3 Å². The standard InChI is InChI=1S/C18H20ClNO7S/c1-24-15-7-5-12(9-14(15)19)20(11-18(21)27-4)28(22,23)13-6-8-16(25-2)17(10-13)26-3/h5-10H,11H2,1-4H3. The Bertz CT molecular complexity index is 962. The van der Waals surface area contributed by atoms with Crippen LogP contribution in [0.2, 0.25) is 5.02 Å². The van der Waals surface area contributed by atoms with Crippen molar-refractivity contribution >= 4 is 33.3 Å². The Morgan fingerprint density at radius 2 is 1.54 bits per heavy atom. The second kappa shape index (κ2) is 9.03. The third-order valence-corrected chi connectivity index (χ3v) is 5.93. The summed E-state index contributed by atoms with van der Waals surface area (Å²) < 4.78 is 47.5.